The van der Waals surface area contributed by atoms with Gasteiger partial charge in [-0.05, 0) is 20.3 Å². The molecule has 68 valence electrons. The monoisotopic (exact) mass is 203 g/mol. The highest BCUT2D eigenvalue weighted by Gasteiger charge is 2.05. The Morgan fingerprint density at radius 1 is 1.42 bits per heavy atom. The highest BCUT2D eigenvalue weighted by atomic mass is 33.1. The van der Waals surface area contributed by atoms with Gasteiger partial charge in [0.25, 0.3) is 5.22 Å². The van der Waals surface area contributed by atoms with Crippen molar-refractivity contribution >= 4 is 21.6 Å². The van der Waals surface area contributed by atoms with Crippen molar-refractivity contribution in [3.63, 3.8) is 0 Å². The number of nitrogens with zero attached hydrogens (tertiary/aromatic N) is 1. The summed E-state index contributed by atoms with van der Waals surface area (Å²) >= 11 is 0. The van der Waals surface area contributed by atoms with E-state index >= 15 is 0 Å². The third kappa shape index (κ3) is 2.75. The summed E-state index contributed by atoms with van der Waals surface area (Å²) in [5.74, 6) is 2.07. The standard InChI is InChI=1S/C8H13NOS2/c1-4-5-11-12-8-9-6(2)7(3)10-8/h4-5H2,1-3H3. The third-order valence-corrected chi connectivity index (χ3v) is 3.72. The van der Waals surface area contributed by atoms with E-state index in [1.165, 1.54) is 6.42 Å². The molecule has 0 atom stereocenters. The maximum Gasteiger partial charge on any atom is 0.267 e. The Kier molecular flexibility index (Phi) is 4.01. The van der Waals surface area contributed by atoms with Crippen LogP contribution in [0.1, 0.15) is 24.8 Å². The van der Waals surface area contributed by atoms with Crippen LogP contribution in [0.2, 0.25) is 0 Å². The summed E-state index contributed by atoms with van der Waals surface area (Å²) in [5, 5.41) is 0.781. The minimum Gasteiger partial charge on any atom is -0.436 e. The number of oxazole rings is 1. The molecule has 4 heteroatoms. The van der Waals surface area contributed by atoms with E-state index in [0.29, 0.717) is 0 Å². The van der Waals surface area contributed by atoms with Crippen molar-refractivity contribution in [2.24, 2.45) is 0 Å². The Labute approximate surface area is 80.9 Å². The van der Waals surface area contributed by atoms with Gasteiger partial charge in [0.05, 0.1) is 5.69 Å². The van der Waals surface area contributed by atoms with Crippen LogP contribution in [0.3, 0.4) is 0 Å². The van der Waals surface area contributed by atoms with E-state index in [-0.39, 0.29) is 0 Å². The minimum absolute atomic E-state index is 0.781. The summed E-state index contributed by atoms with van der Waals surface area (Å²) < 4.78 is 5.39. The summed E-state index contributed by atoms with van der Waals surface area (Å²) in [6.07, 6.45) is 1.19. The van der Waals surface area contributed by atoms with E-state index in [4.69, 9.17) is 4.42 Å². The first-order valence-corrected chi connectivity index (χ1v) is 6.29. The van der Waals surface area contributed by atoms with Crippen LogP contribution in [0.5, 0.6) is 0 Å². The molecule has 0 N–H and O–H groups in total. The first kappa shape index (κ1) is 9.99. The zero-order chi connectivity index (χ0) is 8.97. The van der Waals surface area contributed by atoms with E-state index < -0.39 is 0 Å². The summed E-state index contributed by atoms with van der Waals surface area (Å²) in [6.45, 7) is 6.07. The highest BCUT2D eigenvalue weighted by molar-refractivity contribution is 8.76. The van der Waals surface area contributed by atoms with Gasteiger partial charge in [0.15, 0.2) is 0 Å². The molecule has 0 spiro atoms. The normalized spacial score (nSPS) is 10.6. The molecule has 0 aliphatic carbocycles. The quantitative estimate of drug-likeness (QED) is 0.553. The SMILES string of the molecule is CCCSSc1nc(C)c(C)o1. The molecule has 1 heterocycles. The first-order valence-electron chi connectivity index (χ1n) is 3.97. The van der Waals surface area contributed by atoms with Gasteiger partial charge in [0, 0.05) is 16.5 Å². The number of hydrogen-bond acceptors (Lipinski definition) is 4. The maximum atomic E-state index is 5.39. The zero-order valence-corrected chi connectivity index (χ0v) is 9.22. The molecular formula is C8H13NOS2. The average molecular weight is 203 g/mol. The fraction of sp³-hybridized carbons (Fsp3) is 0.625. The summed E-state index contributed by atoms with van der Waals surface area (Å²) in [7, 11) is 3.41. The van der Waals surface area contributed by atoms with Gasteiger partial charge in [-0.2, -0.15) is 0 Å². The second-order valence-electron chi connectivity index (χ2n) is 2.53. The van der Waals surface area contributed by atoms with Crippen LogP contribution in [0, 0.1) is 13.8 Å². The van der Waals surface area contributed by atoms with Crippen molar-refractivity contribution in [1.82, 2.24) is 4.98 Å². The second kappa shape index (κ2) is 4.82. The zero-order valence-electron chi connectivity index (χ0n) is 7.59. The van der Waals surface area contributed by atoms with Crippen LogP contribution in [-0.2, 0) is 0 Å². The summed E-state index contributed by atoms with van der Waals surface area (Å²) in [6, 6.07) is 0. The molecule has 1 rings (SSSR count). The van der Waals surface area contributed by atoms with Gasteiger partial charge in [0.2, 0.25) is 0 Å². The van der Waals surface area contributed by atoms with Crippen molar-refractivity contribution in [2.45, 2.75) is 32.4 Å². The van der Waals surface area contributed by atoms with Crippen molar-refractivity contribution < 1.29 is 4.42 Å². The van der Waals surface area contributed by atoms with Gasteiger partial charge in [-0.3, -0.25) is 0 Å². The molecule has 0 aliphatic rings. The van der Waals surface area contributed by atoms with E-state index in [2.05, 4.69) is 11.9 Å². The first-order chi connectivity index (χ1) is 5.74. The lowest BCUT2D eigenvalue weighted by atomic mass is 10.4. The maximum absolute atomic E-state index is 5.39. The molecule has 0 saturated heterocycles. The van der Waals surface area contributed by atoms with Crippen LogP contribution < -0.4 is 0 Å². The Bertz CT molecular complexity index is 228. The van der Waals surface area contributed by atoms with E-state index in [1.54, 1.807) is 21.6 Å². The van der Waals surface area contributed by atoms with Crippen molar-refractivity contribution in [3.8, 4) is 0 Å². The van der Waals surface area contributed by atoms with Gasteiger partial charge in [0.1, 0.15) is 5.76 Å². The van der Waals surface area contributed by atoms with Crippen LogP contribution >= 0.6 is 21.6 Å². The van der Waals surface area contributed by atoms with Crippen LogP contribution in [-0.4, -0.2) is 10.7 Å². The highest BCUT2D eigenvalue weighted by Crippen LogP contribution is 2.31. The third-order valence-electron chi connectivity index (χ3n) is 1.43. The Balaban J connectivity index is 2.42. The fourth-order valence-electron chi connectivity index (χ4n) is 0.654. The number of aromatic nitrogens is 1. The van der Waals surface area contributed by atoms with Crippen LogP contribution in [0.15, 0.2) is 9.64 Å². The molecule has 12 heavy (non-hydrogen) atoms. The van der Waals surface area contributed by atoms with Crippen molar-refractivity contribution in [3.05, 3.63) is 11.5 Å². The Morgan fingerprint density at radius 2 is 2.17 bits per heavy atom. The van der Waals surface area contributed by atoms with Crippen molar-refractivity contribution in [1.29, 1.82) is 0 Å². The lowest BCUT2D eigenvalue weighted by Gasteiger charge is -1.91. The number of aryl methyl sites for hydroxylation is 2. The molecule has 1 aromatic rings. The molecular weight excluding hydrogens is 190 g/mol. The minimum atomic E-state index is 0.781. The molecule has 0 aromatic carbocycles. The van der Waals surface area contributed by atoms with E-state index in [0.717, 1.165) is 22.4 Å². The lowest BCUT2D eigenvalue weighted by molar-refractivity contribution is 0.432. The van der Waals surface area contributed by atoms with Gasteiger partial charge in [-0.15, -0.1) is 0 Å². The summed E-state index contributed by atoms with van der Waals surface area (Å²) in [5.41, 5.74) is 0.995. The average Bonchev–Trinajstić information content (AvgIpc) is 2.32. The van der Waals surface area contributed by atoms with Gasteiger partial charge < -0.3 is 4.42 Å². The molecule has 0 saturated carbocycles. The predicted octanol–water partition coefficient (Wildman–Crippen LogP) is 3.44. The van der Waals surface area contributed by atoms with Gasteiger partial charge in [-0.1, -0.05) is 17.7 Å². The Morgan fingerprint density at radius 3 is 2.67 bits per heavy atom. The number of hydrogen-bond donors (Lipinski definition) is 0. The van der Waals surface area contributed by atoms with Gasteiger partial charge >= 0.3 is 0 Å². The van der Waals surface area contributed by atoms with Crippen LogP contribution in [0.25, 0.3) is 0 Å². The Hall–Kier alpha value is -0.0900. The van der Waals surface area contributed by atoms with E-state index in [1.807, 2.05) is 13.8 Å². The summed E-state index contributed by atoms with van der Waals surface area (Å²) in [4.78, 5) is 4.26. The molecule has 0 bridgehead atoms. The predicted molar refractivity (Wildman–Crippen MR) is 54.6 cm³/mol. The molecule has 0 unspecified atom stereocenters. The van der Waals surface area contributed by atoms with Crippen LogP contribution in [0.4, 0.5) is 0 Å². The second-order valence-corrected chi connectivity index (χ2v) is 4.89. The smallest absolute Gasteiger partial charge is 0.267 e. The fourth-order valence-corrected chi connectivity index (χ4v) is 2.60. The molecule has 0 aliphatic heterocycles. The molecule has 0 amide bonds. The lowest BCUT2D eigenvalue weighted by Crippen LogP contribution is -1.72. The molecule has 0 fully saturated rings. The molecule has 2 nitrogen and oxygen atoms in total. The van der Waals surface area contributed by atoms with E-state index in [9.17, 15) is 0 Å². The topological polar surface area (TPSA) is 26.0 Å². The number of rotatable bonds is 4. The van der Waals surface area contributed by atoms with Gasteiger partial charge in [-0.25, -0.2) is 4.98 Å². The van der Waals surface area contributed by atoms with Crippen molar-refractivity contribution in [2.75, 3.05) is 5.75 Å². The largest absolute Gasteiger partial charge is 0.436 e. The molecule has 0 radical (unpaired) electrons. The molecule has 1 aromatic heterocycles.